The molecular formula is C21H20BrFN4OS. The van der Waals surface area contributed by atoms with Gasteiger partial charge in [0.2, 0.25) is 5.13 Å². The Labute approximate surface area is 181 Å². The van der Waals surface area contributed by atoms with Crippen LogP contribution in [0.25, 0.3) is 0 Å². The number of rotatable bonds is 4. The SMILES string of the molecule is CC1CN(c2nc(Cc3ccc(F)cc3)ns2)CCN1C(=O)c1cccc(Br)c1. The number of halogens is 2. The van der Waals surface area contributed by atoms with Gasteiger partial charge in [-0.15, -0.1) is 0 Å². The fourth-order valence-electron chi connectivity index (χ4n) is 3.45. The molecule has 1 amide bonds. The van der Waals surface area contributed by atoms with Gasteiger partial charge in [-0.2, -0.15) is 4.37 Å². The molecule has 0 bridgehead atoms. The average Bonchev–Trinajstić information content (AvgIpc) is 3.18. The molecule has 0 aliphatic carbocycles. The number of aromatic nitrogens is 2. The maximum Gasteiger partial charge on any atom is 0.254 e. The van der Waals surface area contributed by atoms with Crippen molar-refractivity contribution in [1.82, 2.24) is 14.3 Å². The van der Waals surface area contributed by atoms with Gasteiger partial charge in [-0.1, -0.05) is 34.1 Å². The summed E-state index contributed by atoms with van der Waals surface area (Å²) in [5.74, 6) is 0.537. The summed E-state index contributed by atoms with van der Waals surface area (Å²) >= 11 is 4.80. The predicted molar refractivity (Wildman–Crippen MR) is 116 cm³/mol. The molecule has 0 spiro atoms. The monoisotopic (exact) mass is 474 g/mol. The number of benzene rings is 2. The summed E-state index contributed by atoms with van der Waals surface area (Å²) < 4.78 is 18.4. The third kappa shape index (κ3) is 4.64. The average molecular weight is 475 g/mol. The first-order chi connectivity index (χ1) is 14.0. The van der Waals surface area contributed by atoms with E-state index in [4.69, 9.17) is 0 Å². The first kappa shape index (κ1) is 20.0. The summed E-state index contributed by atoms with van der Waals surface area (Å²) in [6, 6.07) is 14.0. The van der Waals surface area contributed by atoms with Crippen LogP contribution in [0.3, 0.4) is 0 Å². The smallest absolute Gasteiger partial charge is 0.254 e. The molecule has 29 heavy (non-hydrogen) atoms. The quantitative estimate of drug-likeness (QED) is 0.562. The van der Waals surface area contributed by atoms with Gasteiger partial charge in [0.05, 0.1) is 0 Å². The Kier molecular flexibility index (Phi) is 5.91. The van der Waals surface area contributed by atoms with Crippen molar-refractivity contribution >= 4 is 38.5 Å². The number of carbonyl (C=O) groups excluding carboxylic acids is 1. The Hall–Kier alpha value is -2.32. The highest BCUT2D eigenvalue weighted by Gasteiger charge is 2.29. The first-order valence-electron chi connectivity index (χ1n) is 9.38. The van der Waals surface area contributed by atoms with Gasteiger partial charge in [0.25, 0.3) is 5.91 Å². The summed E-state index contributed by atoms with van der Waals surface area (Å²) in [6.07, 6.45) is 0.577. The van der Waals surface area contributed by atoms with Gasteiger partial charge in [0.1, 0.15) is 11.6 Å². The minimum Gasteiger partial charge on any atom is -0.343 e. The first-order valence-corrected chi connectivity index (χ1v) is 10.9. The number of hydrogen-bond acceptors (Lipinski definition) is 5. The van der Waals surface area contributed by atoms with Gasteiger partial charge in [-0.05, 0) is 42.8 Å². The molecule has 0 radical (unpaired) electrons. The van der Waals surface area contributed by atoms with Crippen LogP contribution < -0.4 is 4.90 Å². The van der Waals surface area contributed by atoms with Gasteiger partial charge in [-0.25, -0.2) is 9.37 Å². The van der Waals surface area contributed by atoms with Crippen LogP contribution >= 0.6 is 27.5 Å². The lowest BCUT2D eigenvalue weighted by atomic mass is 10.1. The molecular weight excluding hydrogens is 455 g/mol. The molecule has 1 atom stereocenters. The third-order valence-electron chi connectivity index (χ3n) is 4.96. The Bertz CT molecular complexity index is 1010. The van der Waals surface area contributed by atoms with Crippen molar-refractivity contribution in [1.29, 1.82) is 0 Å². The van der Waals surface area contributed by atoms with Crippen molar-refractivity contribution < 1.29 is 9.18 Å². The second kappa shape index (κ2) is 8.59. The van der Waals surface area contributed by atoms with Crippen molar-refractivity contribution in [2.45, 2.75) is 19.4 Å². The van der Waals surface area contributed by atoms with Crippen LogP contribution in [0.4, 0.5) is 9.52 Å². The Balaban J connectivity index is 1.40. The highest BCUT2D eigenvalue weighted by atomic mass is 79.9. The lowest BCUT2D eigenvalue weighted by Crippen LogP contribution is -2.54. The molecule has 1 unspecified atom stereocenters. The summed E-state index contributed by atoms with van der Waals surface area (Å²) in [5, 5.41) is 0.864. The van der Waals surface area contributed by atoms with Crippen molar-refractivity contribution in [2.75, 3.05) is 24.5 Å². The van der Waals surface area contributed by atoms with Gasteiger partial charge in [0, 0.05) is 53.7 Å². The predicted octanol–water partition coefficient (Wildman–Crippen LogP) is 4.38. The molecule has 5 nitrogen and oxygen atoms in total. The summed E-state index contributed by atoms with van der Waals surface area (Å²) in [5.41, 5.74) is 1.67. The van der Waals surface area contributed by atoms with Crippen molar-refractivity contribution in [3.63, 3.8) is 0 Å². The second-order valence-corrected chi connectivity index (χ2v) is 8.75. The van der Waals surface area contributed by atoms with Crippen LogP contribution in [0.15, 0.2) is 53.0 Å². The molecule has 4 rings (SSSR count). The van der Waals surface area contributed by atoms with Gasteiger partial charge in [-0.3, -0.25) is 4.79 Å². The molecule has 1 aliphatic heterocycles. The Morgan fingerprint density at radius 2 is 2.03 bits per heavy atom. The van der Waals surface area contributed by atoms with Gasteiger partial charge >= 0.3 is 0 Å². The zero-order valence-electron chi connectivity index (χ0n) is 15.9. The minimum atomic E-state index is -0.245. The van der Waals surface area contributed by atoms with Crippen LogP contribution in [0, 0.1) is 5.82 Å². The van der Waals surface area contributed by atoms with Gasteiger partial charge in [0.15, 0.2) is 0 Å². The number of piperazine rings is 1. The number of carbonyl (C=O) groups is 1. The molecule has 1 aromatic heterocycles. The summed E-state index contributed by atoms with van der Waals surface area (Å²) in [4.78, 5) is 21.6. The van der Waals surface area contributed by atoms with E-state index in [0.29, 0.717) is 25.1 Å². The zero-order valence-corrected chi connectivity index (χ0v) is 18.3. The molecule has 8 heteroatoms. The highest BCUT2D eigenvalue weighted by molar-refractivity contribution is 9.10. The molecule has 2 aromatic carbocycles. The van der Waals surface area contributed by atoms with Crippen LogP contribution in [-0.4, -0.2) is 45.8 Å². The number of anilines is 1. The number of hydrogen-bond donors (Lipinski definition) is 0. The second-order valence-electron chi connectivity index (χ2n) is 7.10. The fourth-order valence-corrected chi connectivity index (χ4v) is 4.57. The summed E-state index contributed by atoms with van der Waals surface area (Å²) in [6.45, 7) is 4.13. The lowest BCUT2D eigenvalue weighted by Gasteiger charge is -2.39. The van der Waals surface area contributed by atoms with Crippen LogP contribution in [0.2, 0.25) is 0 Å². The van der Waals surface area contributed by atoms with Crippen molar-refractivity contribution in [3.05, 3.63) is 75.8 Å². The van der Waals surface area contributed by atoms with Crippen LogP contribution in [0.1, 0.15) is 28.7 Å². The van der Waals surface area contributed by atoms with Crippen LogP contribution in [0.5, 0.6) is 0 Å². The lowest BCUT2D eigenvalue weighted by molar-refractivity contribution is 0.0674. The largest absolute Gasteiger partial charge is 0.343 e. The zero-order chi connectivity index (χ0) is 20.4. The molecule has 1 saturated heterocycles. The Morgan fingerprint density at radius 3 is 2.76 bits per heavy atom. The van der Waals surface area contributed by atoms with E-state index in [1.165, 1.54) is 23.7 Å². The van der Waals surface area contributed by atoms with E-state index in [9.17, 15) is 9.18 Å². The highest BCUT2D eigenvalue weighted by Crippen LogP contribution is 2.24. The van der Waals surface area contributed by atoms with Crippen molar-refractivity contribution in [2.24, 2.45) is 0 Å². The van der Waals surface area contributed by atoms with E-state index >= 15 is 0 Å². The molecule has 1 aliphatic rings. The van der Waals surface area contributed by atoms with E-state index < -0.39 is 0 Å². The maximum atomic E-state index is 13.1. The maximum absolute atomic E-state index is 13.1. The van der Waals surface area contributed by atoms with Gasteiger partial charge < -0.3 is 9.80 Å². The fraction of sp³-hybridized carbons (Fsp3) is 0.286. The molecule has 150 valence electrons. The molecule has 2 heterocycles. The number of nitrogens with zero attached hydrogens (tertiary/aromatic N) is 4. The standard InChI is InChI=1S/C21H20BrFN4OS/c1-14-13-26(9-10-27(14)20(28)16-3-2-4-17(22)12-16)21-24-19(25-29-21)11-15-5-7-18(23)8-6-15/h2-8,12,14H,9-11,13H2,1H3. The van der Waals surface area contributed by atoms with Crippen LogP contribution in [-0.2, 0) is 6.42 Å². The molecule has 3 aromatic rings. The van der Waals surface area contributed by atoms with E-state index in [1.807, 2.05) is 29.2 Å². The van der Waals surface area contributed by atoms with Crippen molar-refractivity contribution in [3.8, 4) is 0 Å². The van der Waals surface area contributed by atoms with E-state index in [2.05, 4.69) is 37.1 Å². The third-order valence-corrected chi connectivity index (χ3v) is 6.27. The molecule has 0 saturated carbocycles. The topological polar surface area (TPSA) is 49.3 Å². The Morgan fingerprint density at radius 1 is 1.24 bits per heavy atom. The van der Waals surface area contributed by atoms with E-state index in [0.717, 1.165) is 27.5 Å². The number of amides is 1. The van der Waals surface area contributed by atoms with E-state index in [1.54, 1.807) is 12.1 Å². The summed E-state index contributed by atoms with van der Waals surface area (Å²) in [7, 11) is 0. The minimum absolute atomic E-state index is 0.0488. The normalized spacial score (nSPS) is 16.9. The molecule has 1 fully saturated rings. The molecule has 0 N–H and O–H groups in total. The van der Waals surface area contributed by atoms with E-state index in [-0.39, 0.29) is 17.8 Å².